The minimum Gasteiger partial charge on any atom is -0.294 e. The number of hydrogen-bond acceptors (Lipinski definition) is 1. The molecule has 2 radical (unpaired) electrons. The van der Waals surface area contributed by atoms with Gasteiger partial charge in [0, 0.05) is 6.04 Å². The quantitative estimate of drug-likeness (QED) is 0.720. The molecular weight excluding hydrogens is 172 g/mol. The summed E-state index contributed by atoms with van der Waals surface area (Å²) in [5.41, 5.74) is 9.80. The normalized spacial score (nSPS) is 28.9. The molecule has 2 nitrogen and oxygen atoms in total. The molecule has 80 valence electrons. The van der Waals surface area contributed by atoms with E-state index in [-0.39, 0.29) is 0 Å². The van der Waals surface area contributed by atoms with Crippen molar-refractivity contribution in [3.63, 3.8) is 0 Å². The first-order valence-electron chi connectivity index (χ1n) is 6.29. The minimum atomic E-state index is -0.514. The molecule has 0 saturated heterocycles. The van der Waals surface area contributed by atoms with Crippen LogP contribution in [0.4, 0.5) is 0 Å². The molecule has 0 heterocycles. The second-order valence-electron chi connectivity index (χ2n) is 5.07. The van der Waals surface area contributed by atoms with Gasteiger partial charge in [0.1, 0.15) is 5.66 Å². The van der Waals surface area contributed by atoms with Crippen molar-refractivity contribution >= 4 is 0 Å². The zero-order valence-electron chi connectivity index (χ0n) is 9.10. The Morgan fingerprint density at radius 3 is 2.07 bits per heavy atom. The number of hydrogen-bond donors (Lipinski definition) is 1. The van der Waals surface area contributed by atoms with Crippen LogP contribution < -0.4 is 11.1 Å². The van der Waals surface area contributed by atoms with Gasteiger partial charge in [-0.2, -0.15) is 0 Å². The molecule has 2 heteroatoms. The van der Waals surface area contributed by atoms with E-state index in [1.165, 1.54) is 51.4 Å². The Labute approximate surface area is 87.6 Å². The SMILES string of the molecule is [N]C1(NC2CCCCC2)CCCCC1. The van der Waals surface area contributed by atoms with Crippen LogP contribution in [0.1, 0.15) is 64.2 Å². The van der Waals surface area contributed by atoms with Gasteiger partial charge in [0.2, 0.25) is 0 Å². The van der Waals surface area contributed by atoms with Gasteiger partial charge in [-0.3, -0.25) is 5.32 Å². The fourth-order valence-corrected chi connectivity index (χ4v) is 2.91. The van der Waals surface area contributed by atoms with Crippen LogP contribution in [-0.2, 0) is 0 Å². The predicted octanol–water partition coefficient (Wildman–Crippen LogP) is 2.64. The highest BCUT2D eigenvalue weighted by atomic mass is 15.1. The summed E-state index contributed by atoms with van der Waals surface area (Å²) in [4.78, 5) is 0. The van der Waals surface area contributed by atoms with Crippen LogP contribution in [0.5, 0.6) is 0 Å². The number of nitrogens with one attached hydrogen (secondary N) is 1. The van der Waals surface area contributed by atoms with Crippen molar-refractivity contribution < 1.29 is 0 Å². The van der Waals surface area contributed by atoms with Crippen molar-refractivity contribution in [1.82, 2.24) is 11.1 Å². The van der Waals surface area contributed by atoms with Gasteiger partial charge in [-0.25, -0.2) is 0 Å². The maximum Gasteiger partial charge on any atom is 0.104 e. The van der Waals surface area contributed by atoms with Crippen molar-refractivity contribution in [2.75, 3.05) is 0 Å². The van der Waals surface area contributed by atoms with E-state index in [9.17, 15) is 5.73 Å². The Morgan fingerprint density at radius 2 is 1.43 bits per heavy atom. The van der Waals surface area contributed by atoms with Crippen molar-refractivity contribution in [2.45, 2.75) is 75.9 Å². The van der Waals surface area contributed by atoms with Crippen LogP contribution in [-0.4, -0.2) is 11.7 Å². The Bertz CT molecular complexity index is 167. The molecule has 2 saturated carbocycles. The van der Waals surface area contributed by atoms with Gasteiger partial charge in [0.05, 0.1) is 0 Å². The molecule has 2 aliphatic rings. The first-order chi connectivity index (χ1) is 6.79. The molecule has 2 aliphatic carbocycles. The first kappa shape index (κ1) is 10.4. The summed E-state index contributed by atoms with van der Waals surface area (Å²) in [6, 6.07) is 0.590. The fourth-order valence-electron chi connectivity index (χ4n) is 2.91. The van der Waals surface area contributed by atoms with Crippen molar-refractivity contribution in [3.8, 4) is 0 Å². The topological polar surface area (TPSA) is 34.3 Å². The Kier molecular flexibility index (Phi) is 3.45. The van der Waals surface area contributed by atoms with Crippen LogP contribution >= 0.6 is 0 Å². The van der Waals surface area contributed by atoms with Gasteiger partial charge < -0.3 is 0 Å². The smallest absolute Gasteiger partial charge is 0.104 e. The van der Waals surface area contributed by atoms with Crippen LogP contribution in [0.2, 0.25) is 0 Å². The summed E-state index contributed by atoms with van der Waals surface area (Å²) in [5.74, 6) is 0. The van der Waals surface area contributed by atoms with E-state index in [1.54, 1.807) is 0 Å². The van der Waals surface area contributed by atoms with Crippen molar-refractivity contribution in [1.29, 1.82) is 0 Å². The lowest BCUT2D eigenvalue weighted by Crippen LogP contribution is -2.53. The fraction of sp³-hybridized carbons (Fsp3) is 1.00. The number of rotatable bonds is 2. The van der Waals surface area contributed by atoms with Gasteiger partial charge >= 0.3 is 0 Å². The van der Waals surface area contributed by atoms with E-state index in [1.807, 2.05) is 0 Å². The van der Waals surface area contributed by atoms with E-state index >= 15 is 0 Å². The average molecular weight is 194 g/mol. The maximum atomic E-state index is 10.3. The highest BCUT2D eigenvalue weighted by Gasteiger charge is 2.31. The molecule has 0 aliphatic heterocycles. The highest BCUT2D eigenvalue weighted by Crippen LogP contribution is 2.28. The molecule has 2 fully saturated rings. The van der Waals surface area contributed by atoms with Gasteiger partial charge in [-0.15, -0.1) is 5.73 Å². The Hall–Kier alpha value is -0.0800. The van der Waals surface area contributed by atoms with Gasteiger partial charge in [0.25, 0.3) is 0 Å². The second-order valence-corrected chi connectivity index (χ2v) is 5.07. The van der Waals surface area contributed by atoms with Gasteiger partial charge in [0.15, 0.2) is 0 Å². The lowest BCUT2D eigenvalue weighted by atomic mass is 9.87. The molecule has 1 N–H and O–H groups in total. The van der Waals surface area contributed by atoms with E-state index < -0.39 is 5.66 Å². The van der Waals surface area contributed by atoms with E-state index in [0.717, 1.165) is 12.8 Å². The van der Waals surface area contributed by atoms with E-state index in [2.05, 4.69) is 5.32 Å². The lowest BCUT2D eigenvalue weighted by molar-refractivity contribution is 0.185. The van der Waals surface area contributed by atoms with Crippen LogP contribution in [0, 0.1) is 0 Å². The molecule has 0 unspecified atom stereocenters. The summed E-state index contributed by atoms with van der Waals surface area (Å²) in [6.45, 7) is 0. The highest BCUT2D eigenvalue weighted by molar-refractivity contribution is 4.88. The van der Waals surface area contributed by atoms with Crippen LogP contribution in [0.15, 0.2) is 0 Å². The third kappa shape index (κ3) is 2.71. The molecule has 0 aromatic carbocycles. The van der Waals surface area contributed by atoms with Crippen LogP contribution in [0.3, 0.4) is 0 Å². The molecular formula is C12H22N2. The summed E-state index contributed by atoms with van der Waals surface area (Å²) in [6.07, 6.45) is 12.2. The Balaban J connectivity index is 1.81. The average Bonchev–Trinajstić information content (AvgIpc) is 2.19. The zero-order valence-corrected chi connectivity index (χ0v) is 9.10. The first-order valence-corrected chi connectivity index (χ1v) is 6.29. The Morgan fingerprint density at radius 1 is 0.857 bits per heavy atom. The van der Waals surface area contributed by atoms with E-state index in [4.69, 9.17) is 0 Å². The molecule has 0 amide bonds. The summed E-state index contributed by atoms with van der Waals surface area (Å²) < 4.78 is 0. The third-order valence-corrected chi connectivity index (χ3v) is 3.76. The number of nitrogens with zero attached hydrogens (tertiary/aromatic N) is 1. The van der Waals surface area contributed by atoms with E-state index in [0.29, 0.717) is 6.04 Å². The monoisotopic (exact) mass is 194 g/mol. The molecule has 2 rings (SSSR count). The standard InChI is InChI=1S/C12H22N2/c13-12(9-5-2-6-10-12)14-11-7-3-1-4-8-11/h11,14H,1-10H2. The van der Waals surface area contributed by atoms with Crippen molar-refractivity contribution in [3.05, 3.63) is 0 Å². The second kappa shape index (κ2) is 4.63. The maximum absolute atomic E-state index is 10.3. The van der Waals surface area contributed by atoms with Gasteiger partial charge in [-0.05, 0) is 25.7 Å². The molecule has 0 aromatic heterocycles. The molecule has 0 aromatic rings. The lowest BCUT2D eigenvalue weighted by Gasteiger charge is -2.37. The summed E-state index contributed by atoms with van der Waals surface area (Å²) >= 11 is 0. The zero-order chi connectivity index (χ0) is 9.86. The third-order valence-electron chi connectivity index (χ3n) is 3.76. The van der Waals surface area contributed by atoms with Crippen LogP contribution in [0.25, 0.3) is 0 Å². The summed E-state index contributed by atoms with van der Waals surface area (Å²) in [5, 5.41) is 3.49. The molecule has 0 spiro atoms. The van der Waals surface area contributed by atoms with Crippen molar-refractivity contribution in [2.24, 2.45) is 0 Å². The van der Waals surface area contributed by atoms with Gasteiger partial charge in [-0.1, -0.05) is 38.5 Å². The molecule has 14 heavy (non-hydrogen) atoms. The predicted molar refractivity (Wildman–Crippen MR) is 58.0 cm³/mol. The molecule has 0 atom stereocenters. The minimum absolute atomic E-state index is 0.514. The molecule has 0 bridgehead atoms. The largest absolute Gasteiger partial charge is 0.294 e. The summed E-state index contributed by atoms with van der Waals surface area (Å²) in [7, 11) is 0.